The number of rotatable bonds is 5. The largest absolute Gasteiger partial charge is 0.390 e. The first kappa shape index (κ1) is 15.4. The van der Waals surface area contributed by atoms with E-state index in [1.54, 1.807) is 25.0 Å². The van der Waals surface area contributed by atoms with Gasteiger partial charge in [-0.2, -0.15) is 18.3 Å². The van der Waals surface area contributed by atoms with Crippen LogP contribution in [-0.4, -0.2) is 44.4 Å². The molecule has 2 rings (SSSR count). The highest BCUT2D eigenvalue weighted by atomic mass is 19.4. The average Bonchev–Trinajstić information content (AvgIpc) is 2.77. The molecule has 7 nitrogen and oxygen atoms in total. The van der Waals surface area contributed by atoms with Gasteiger partial charge in [0.2, 0.25) is 0 Å². The molecule has 0 saturated carbocycles. The number of hydrogen-bond acceptors (Lipinski definition) is 6. The van der Waals surface area contributed by atoms with E-state index in [1.165, 1.54) is 4.90 Å². The fourth-order valence-electron chi connectivity index (χ4n) is 1.89. The van der Waals surface area contributed by atoms with Gasteiger partial charge in [-0.1, -0.05) is 0 Å². The molecule has 2 heterocycles. The minimum Gasteiger partial charge on any atom is -0.308 e. The fraction of sp³-hybridized carbons (Fsp3) is 0.545. The van der Waals surface area contributed by atoms with Crippen molar-refractivity contribution in [2.45, 2.75) is 19.1 Å². The van der Waals surface area contributed by atoms with Gasteiger partial charge in [-0.05, 0) is 7.05 Å². The van der Waals surface area contributed by atoms with Crippen LogP contribution in [0, 0.1) is 0 Å². The lowest BCUT2D eigenvalue weighted by Crippen LogP contribution is -2.25. The van der Waals surface area contributed by atoms with Crippen molar-refractivity contribution in [3.8, 4) is 0 Å². The van der Waals surface area contributed by atoms with Crippen molar-refractivity contribution in [3.05, 3.63) is 12.0 Å². The third kappa shape index (κ3) is 3.79. The van der Waals surface area contributed by atoms with Crippen LogP contribution < -0.4 is 11.3 Å². The average molecular weight is 303 g/mol. The molecule has 0 fully saturated rings. The Morgan fingerprint density at radius 3 is 2.71 bits per heavy atom. The first-order valence-corrected chi connectivity index (χ1v) is 6.20. The van der Waals surface area contributed by atoms with E-state index in [4.69, 9.17) is 5.84 Å². The van der Waals surface area contributed by atoms with E-state index < -0.39 is 12.6 Å². The molecule has 0 amide bonds. The summed E-state index contributed by atoms with van der Waals surface area (Å²) in [6.07, 6.45) is -3.48. The van der Waals surface area contributed by atoms with Crippen LogP contribution in [0.2, 0.25) is 0 Å². The Kier molecular flexibility index (Phi) is 4.28. The molecule has 10 heteroatoms. The zero-order chi connectivity index (χ0) is 15.6. The van der Waals surface area contributed by atoms with Gasteiger partial charge >= 0.3 is 6.18 Å². The molecule has 0 aliphatic heterocycles. The molecular formula is C11H16F3N7. The van der Waals surface area contributed by atoms with Gasteiger partial charge in [0.1, 0.15) is 5.82 Å². The lowest BCUT2D eigenvalue weighted by molar-refractivity contribution is -0.137. The summed E-state index contributed by atoms with van der Waals surface area (Å²) in [7, 11) is 3.30. The molecule has 3 N–H and O–H groups in total. The molecule has 2 aromatic rings. The topological polar surface area (TPSA) is 84.9 Å². The number of aryl methyl sites for hydroxylation is 1. The highest BCUT2D eigenvalue weighted by Crippen LogP contribution is 2.21. The smallest absolute Gasteiger partial charge is 0.308 e. The zero-order valence-electron chi connectivity index (χ0n) is 11.6. The second-order valence-corrected chi connectivity index (χ2v) is 4.74. The van der Waals surface area contributed by atoms with E-state index in [-0.39, 0.29) is 13.1 Å². The Hall–Kier alpha value is -1.94. The number of nitrogen functional groups attached to an aromatic ring is 1. The summed E-state index contributed by atoms with van der Waals surface area (Å²) in [5.74, 6) is 6.18. The van der Waals surface area contributed by atoms with Crippen LogP contribution in [-0.2, 0) is 13.6 Å². The van der Waals surface area contributed by atoms with Gasteiger partial charge < -0.3 is 5.43 Å². The number of hydrazine groups is 1. The standard InChI is InChI=1S/C11H16F3N7/c1-20(4-3-11(12,13)14)6-8-17-9(19-15)7-5-16-21(2)10(7)18-8/h5H,3-4,6,15H2,1-2H3,(H,17,18,19). The second kappa shape index (κ2) is 5.82. The van der Waals surface area contributed by atoms with Crippen molar-refractivity contribution < 1.29 is 13.2 Å². The number of fused-ring (bicyclic) bond motifs is 1. The Bertz CT molecular complexity index is 622. The Morgan fingerprint density at radius 2 is 2.10 bits per heavy atom. The monoisotopic (exact) mass is 303 g/mol. The summed E-state index contributed by atoms with van der Waals surface area (Å²) in [6.45, 7) is 0.0630. The highest BCUT2D eigenvalue weighted by molar-refractivity contribution is 5.86. The van der Waals surface area contributed by atoms with Crippen LogP contribution in [0.25, 0.3) is 11.0 Å². The van der Waals surface area contributed by atoms with Crippen molar-refractivity contribution in [2.75, 3.05) is 19.0 Å². The van der Waals surface area contributed by atoms with Gasteiger partial charge in [0.05, 0.1) is 24.5 Å². The van der Waals surface area contributed by atoms with Gasteiger partial charge in [-0.3, -0.25) is 9.58 Å². The Morgan fingerprint density at radius 1 is 1.38 bits per heavy atom. The number of aromatic nitrogens is 4. The van der Waals surface area contributed by atoms with Crippen LogP contribution in [0.5, 0.6) is 0 Å². The first-order valence-electron chi connectivity index (χ1n) is 6.20. The predicted molar refractivity (Wildman–Crippen MR) is 71.1 cm³/mol. The maximum atomic E-state index is 12.2. The second-order valence-electron chi connectivity index (χ2n) is 4.74. The molecule has 0 radical (unpaired) electrons. The molecule has 0 aliphatic carbocycles. The van der Waals surface area contributed by atoms with Gasteiger partial charge in [0.25, 0.3) is 0 Å². The Labute approximate surface area is 118 Å². The summed E-state index contributed by atoms with van der Waals surface area (Å²) >= 11 is 0. The number of anilines is 1. The maximum absolute atomic E-state index is 12.2. The minimum atomic E-state index is -4.18. The molecular weight excluding hydrogens is 287 g/mol. The SMILES string of the molecule is CN(CCC(F)(F)F)Cc1nc(NN)c2cnn(C)c2n1. The quantitative estimate of drug-likeness (QED) is 0.634. The molecule has 0 spiro atoms. The molecule has 0 atom stereocenters. The van der Waals surface area contributed by atoms with E-state index in [9.17, 15) is 13.2 Å². The zero-order valence-corrected chi connectivity index (χ0v) is 11.6. The van der Waals surface area contributed by atoms with Gasteiger partial charge in [0, 0.05) is 13.6 Å². The number of nitrogens with zero attached hydrogens (tertiary/aromatic N) is 5. The van der Waals surface area contributed by atoms with Crippen molar-refractivity contribution in [2.24, 2.45) is 12.9 Å². The number of nitrogens with one attached hydrogen (secondary N) is 1. The van der Waals surface area contributed by atoms with E-state index in [1.807, 2.05) is 0 Å². The lowest BCUT2D eigenvalue weighted by atomic mass is 10.3. The number of halogens is 3. The molecule has 0 saturated heterocycles. The molecule has 0 bridgehead atoms. The Balaban J connectivity index is 2.16. The van der Waals surface area contributed by atoms with Crippen LogP contribution in [0.4, 0.5) is 19.0 Å². The van der Waals surface area contributed by atoms with Crippen LogP contribution >= 0.6 is 0 Å². The fourth-order valence-corrected chi connectivity index (χ4v) is 1.89. The normalized spacial score (nSPS) is 12.3. The first-order chi connectivity index (χ1) is 9.80. The number of alkyl halides is 3. The summed E-state index contributed by atoms with van der Waals surface area (Å²) in [5, 5.41) is 4.70. The minimum absolute atomic E-state index is 0.123. The van der Waals surface area contributed by atoms with Crippen molar-refractivity contribution in [1.29, 1.82) is 0 Å². The maximum Gasteiger partial charge on any atom is 0.390 e. The van der Waals surface area contributed by atoms with Gasteiger partial charge in [-0.25, -0.2) is 15.8 Å². The van der Waals surface area contributed by atoms with E-state index in [0.29, 0.717) is 22.7 Å². The van der Waals surface area contributed by atoms with Crippen LogP contribution in [0.1, 0.15) is 12.2 Å². The molecule has 0 aromatic carbocycles. The van der Waals surface area contributed by atoms with E-state index in [0.717, 1.165) is 0 Å². The molecule has 0 unspecified atom stereocenters. The number of nitrogens with two attached hydrogens (primary N) is 1. The lowest BCUT2D eigenvalue weighted by Gasteiger charge is -2.17. The molecule has 0 aliphatic rings. The van der Waals surface area contributed by atoms with Crippen molar-refractivity contribution >= 4 is 16.9 Å². The van der Waals surface area contributed by atoms with Crippen LogP contribution in [0.15, 0.2) is 6.20 Å². The highest BCUT2D eigenvalue weighted by Gasteiger charge is 2.27. The molecule has 21 heavy (non-hydrogen) atoms. The predicted octanol–water partition coefficient (Wildman–Crippen LogP) is 1.03. The van der Waals surface area contributed by atoms with E-state index in [2.05, 4.69) is 20.5 Å². The summed E-state index contributed by atoms with van der Waals surface area (Å²) in [4.78, 5) is 10.00. The summed E-state index contributed by atoms with van der Waals surface area (Å²) in [6, 6.07) is 0. The van der Waals surface area contributed by atoms with Crippen molar-refractivity contribution in [3.63, 3.8) is 0 Å². The van der Waals surface area contributed by atoms with Gasteiger partial charge in [0.15, 0.2) is 11.5 Å². The summed E-state index contributed by atoms with van der Waals surface area (Å²) < 4.78 is 38.1. The molecule has 2 aromatic heterocycles. The van der Waals surface area contributed by atoms with Crippen LogP contribution in [0.3, 0.4) is 0 Å². The van der Waals surface area contributed by atoms with Crippen molar-refractivity contribution in [1.82, 2.24) is 24.6 Å². The summed E-state index contributed by atoms with van der Waals surface area (Å²) in [5.41, 5.74) is 3.02. The third-order valence-corrected chi connectivity index (χ3v) is 2.96. The van der Waals surface area contributed by atoms with E-state index >= 15 is 0 Å². The van der Waals surface area contributed by atoms with Gasteiger partial charge in [-0.15, -0.1) is 0 Å². The molecule has 116 valence electrons. The third-order valence-electron chi connectivity index (χ3n) is 2.96. The number of hydrogen-bond donors (Lipinski definition) is 2.